The molecule has 0 saturated carbocycles. The highest BCUT2D eigenvalue weighted by Crippen LogP contribution is 2.11. The molecule has 0 aliphatic heterocycles. The van der Waals surface area contributed by atoms with Crippen LogP contribution in [-0.4, -0.2) is 34.7 Å². The van der Waals surface area contributed by atoms with E-state index in [1.54, 1.807) is 11.3 Å². The largest absolute Gasteiger partial charge is 0.392 e. The third-order valence-electron chi connectivity index (χ3n) is 2.30. The number of rotatable bonds is 7. The van der Waals surface area contributed by atoms with Crippen molar-refractivity contribution in [2.75, 3.05) is 13.6 Å². The van der Waals surface area contributed by atoms with Crippen molar-refractivity contribution in [3.63, 3.8) is 0 Å². The van der Waals surface area contributed by atoms with Crippen LogP contribution in [0.3, 0.4) is 0 Å². The molecule has 0 aliphatic carbocycles. The lowest BCUT2D eigenvalue weighted by atomic mass is 10.2. The van der Waals surface area contributed by atoms with Crippen LogP contribution in [0.4, 0.5) is 0 Å². The smallest absolute Gasteiger partial charge is 0.107 e. The first-order valence-corrected chi connectivity index (χ1v) is 6.38. The van der Waals surface area contributed by atoms with E-state index in [-0.39, 0.29) is 6.10 Å². The van der Waals surface area contributed by atoms with Crippen LogP contribution in [0.25, 0.3) is 0 Å². The third kappa shape index (κ3) is 4.88. The normalized spacial score (nSPS) is 13.0. The summed E-state index contributed by atoms with van der Waals surface area (Å²) < 4.78 is 0. The summed E-state index contributed by atoms with van der Waals surface area (Å²) in [6.07, 6.45) is 3.22. The van der Waals surface area contributed by atoms with E-state index in [4.69, 9.17) is 0 Å². The number of aliphatic hydroxyl groups is 1. The monoisotopic (exact) mass is 240 g/mol. The number of aliphatic hydroxyl groups excluding tert-OH is 1. The van der Waals surface area contributed by atoms with Gasteiger partial charge in [-0.3, -0.25) is 4.90 Å². The van der Waals surface area contributed by atoms with Crippen molar-refractivity contribution in [3.8, 4) is 0 Å². The standard InChI is InChI=1S/C12H20N2OS/c1-4-5-6-11(15)7-14(3)8-12-13-10(2)9-16-12/h4,9,11,15H,1,5-8H2,2-3H3. The average Bonchev–Trinajstić information content (AvgIpc) is 2.60. The highest BCUT2D eigenvalue weighted by Gasteiger charge is 2.09. The fourth-order valence-corrected chi connectivity index (χ4v) is 2.38. The zero-order chi connectivity index (χ0) is 12.0. The van der Waals surface area contributed by atoms with Crippen LogP contribution < -0.4 is 0 Å². The van der Waals surface area contributed by atoms with E-state index in [0.29, 0.717) is 6.54 Å². The first-order chi connectivity index (χ1) is 7.61. The molecule has 90 valence electrons. The molecular weight excluding hydrogens is 220 g/mol. The lowest BCUT2D eigenvalue weighted by molar-refractivity contribution is 0.116. The van der Waals surface area contributed by atoms with Crippen molar-refractivity contribution in [1.82, 2.24) is 9.88 Å². The van der Waals surface area contributed by atoms with Gasteiger partial charge in [0.05, 0.1) is 12.6 Å². The first-order valence-electron chi connectivity index (χ1n) is 5.50. The van der Waals surface area contributed by atoms with Gasteiger partial charge in [-0.05, 0) is 26.8 Å². The van der Waals surface area contributed by atoms with Crippen LogP contribution in [0, 0.1) is 6.92 Å². The summed E-state index contributed by atoms with van der Waals surface area (Å²) >= 11 is 1.67. The van der Waals surface area contributed by atoms with Gasteiger partial charge in [0, 0.05) is 17.6 Å². The van der Waals surface area contributed by atoms with Crippen LogP contribution in [0.1, 0.15) is 23.5 Å². The molecule has 0 radical (unpaired) electrons. The number of thiazole rings is 1. The zero-order valence-electron chi connectivity index (χ0n) is 10.0. The second kappa shape index (κ2) is 6.78. The van der Waals surface area contributed by atoms with Gasteiger partial charge in [-0.25, -0.2) is 4.98 Å². The second-order valence-corrected chi connectivity index (χ2v) is 5.04. The van der Waals surface area contributed by atoms with E-state index < -0.39 is 0 Å². The van der Waals surface area contributed by atoms with Crippen LogP contribution >= 0.6 is 11.3 Å². The number of aryl methyl sites for hydroxylation is 1. The van der Waals surface area contributed by atoms with E-state index in [1.165, 1.54) is 0 Å². The highest BCUT2D eigenvalue weighted by molar-refractivity contribution is 7.09. The molecule has 1 rings (SSSR count). The minimum Gasteiger partial charge on any atom is -0.392 e. The number of hydrogen-bond donors (Lipinski definition) is 1. The first kappa shape index (κ1) is 13.4. The van der Waals surface area contributed by atoms with Crippen LogP contribution in [0.2, 0.25) is 0 Å². The van der Waals surface area contributed by atoms with Gasteiger partial charge in [0.25, 0.3) is 0 Å². The van der Waals surface area contributed by atoms with Gasteiger partial charge in [-0.1, -0.05) is 6.08 Å². The lowest BCUT2D eigenvalue weighted by Gasteiger charge is -2.18. The Bertz CT molecular complexity index is 325. The molecule has 4 heteroatoms. The predicted octanol–water partition coefficient (Wildman–Crippen LogP) is 2.21. The van der Waals surface area contributed by atoms with Crippen LogP contribution in [0.5, 0.6) is 0 Å². The van der Waals surface area contributed by atoms with Gasteiger partial charge in [0.2, 0.25) is 0 Å². The molecule has 1 aromatic heterocycles. The third-order valence-corrected chi connectivity index (χ3v) is 3.25. The van der Waals surface area contributed by atoms with Crippen LogP contribution in [-0.2, 0) is 6.54 Å². The number of nitrogens with zero attached hydrogens (tertiary/aromatic N) is 2. The van der Waals surface area contributed by atoms with E-state index >= 15 is 0 Å². The van der Waals surface area contributed by atoms with Gasteiger partial charge < -0.3 is 5.11 Å². The molecule has 0 aliphatic rings. The number of hydrogen-bond acceptors (Lipinski definition) is 4. The van der Waals surface area contributed by atoms with E-state index in [2.05, 4.69) is 21.8 Å². The molecule has 0 aromatic carbocycles. The van der Waals surface area contributed by atoms with Crippen molar-refractivity contribution in [1.29, 1.82) is 0 Å². The molecular formula is C12H20N2OS. The molecule has 16 heavy (non-hydrogen) atoms. The highest BCUT2D eigenvalue weighted by atomic mass is 32.1. The maximum Gasteiger partial charge on any atom is 0.107 e. The minimum atomic E-state index is -0.274. The average molecular weight is 240 g/mol. The predicted molar refractivity (Wildman–Crippen MR) is 68.6 cm³/mol. The molecule has 0 amide bonds. The number of aromatic nitrogens is 1. The lowest BCUT2D eigenvalue weighted by Crippen LogP contribution is -2.28. The van der Waals surface area contributed by atoms with Crippen molar-refractivity contribution in [3.05, 3.63) is 28.7 Å². The molecule has 1 N–H and O–H groups in total. The number of likely N-dealkylation sites (N-methyl/N-ethyl adjacent to an activating group) is 1. The second-order valence-electron chi connectivity index (χ2n) is 4.10. The fourth-order valence-electron chi connectivity index (χ4n) is 1.53. The Morgan fingerprint density at radius 3 is 3.00 bits per heavy atom. The number of allylic oxidation sites excluding steroid dienone is 1. The fraction of sp³-hybridized carbons (Fsp3) is 0.583. The molecule has 1 aromatic rings. The van der Waals surface area contributed by atoms with Crippen molar-refractivity contribution in [2.45, 2.75) is 32.4 Å². The summed E-state index contributed by atoms with van der Waals surface area (Å²) in [4.78, 5) is 6.50. The van der Waals surface area contributed by atoms with Crippen molar-refractivity contribution < 1.29 is 5.11 Å². The van der Waals surface area contributed by atoms with Gasteiger partial charge in [-0.2, -0.15) is 0 Å². The molecule has 3 nitrogen and oxygen atoms in total. The Balaban J connectivity index is 2.29. The Labute approximate surface area is 101 Å². The molecule has 1 unspecified atom stereocenters. The molecule has 0 fully saturated rings. The van der Waals surface area contributed by atoms with E-state index in [9.17, 15) is 5.11 Å². The van der Waals surface area contributed by atoms with E-state index in [1.807, 2.05) is 20.0 Å². The van der Waals surface area contributed by atoms with Gasteiger partial charge in [-0.15, -0.1) is 17.9 Å². The maximum atomic E-state index is 9.73. The Morgan fingerprint density at radius 2 is 2.44 bits per heavy atom. The molecule has 0 spiro atoms. The molecule has 1 atom stereocenters. The Hall–Kier alpha value is -0.710. The molecule has 0 saturated heterocycles. The SMILES string of the molecule is C=CCCC(O)CN(C)Cc1nc(C)cs1. The Morgan fingerprint density at radius 1 is 1.69 bits per heavy atom. The summed E-state index contributed by atoms with van der Waals surface area (Å²) in [6.45, 7) is 7.14. The van der Waals surface area contributed by atoms with Gasteiger partial charge in [0.1, 0.15) is 5.01 Å². The Kier molecular flexibility index (Phi) is 5.66. The molecule has 0 bridgehead atoms. The maximum absolute atomic E-state index is 9.73. The summed E-state index contributed by atoms with van der Waals surface area (Å²) in [6, 6.07) is 0. The van der Waals surface area contributed by atoms with Crippen molar-refractivity contribution in [2.24, 2.45) is 0 Å². The summed E-state index contributed by atoms with van der Waals surface area (Å²) in [7, 11) is 2.01. The molecule has 1 heterocycles. The summed E-state index contributed by atoms with van der Waals surface area (Å²) in [5.74, 6) is 0. The van der Waals surface area contributed by atoms with Gasteiger partial charge >= 0.3 is 0 Å². The van der Waals surface area contributed by atoms with Crippen LogP contribution in [0.15, 0.2) is 18.0 Å². The minimum absolute atomic E-state index is 0.274. The topological polar surface area (TPSA) is 36.4 Å². The van der Waals surface area contributed by atoms with Crippen molar-refractivity contribution >= 4 is 11.3 Å². The van der Waals surface area contributed by atoms with Gasteiger partial charge in [0.15, 0.2) is 0 Å². The zero-order valence-corrected chi connectivity index (χ0v) is 10.8. The quantitative estimate of drug-likeness (QED) is 0.742. The summed E-state index contributed by atoms with van der Waals surface area (Å²) in [5, 5.41) is 12.9. The summed E-state index contributed by atoms with van der Waals surface area (Å²) in [5.41, 5.74) is 1.07. The van der Waals surface area contributed by atoms with E-state index in [0.717, 1.165) is 30.1 Å².